The van der Waals surface area contributed by atoms with E-state index in [1.54, 1.807) is 6.20 Å². The van der Waals surface area contributed by atoms with Crippen molar-refractivity contribution in [3.8, 4) is 0 Å². The lowest BCUT2D eigenvalue weighted by molar-refractivity contribution is 0.730. The van der Waals surface area contributed by atoms with Crippen LogP contribution in [-0.4, -0.2) is 14.8 Å². The number of aromatic nitrogens is 3. The summed E-state index contributed by atoms with van der Waals surface area (Å²) in [5.41, 5.74) is 10.0. The number of benzene rings is 1. The predicted octanol–water partition coefficient (Wildman–Crippen LogP) is 2.78. The quantitative estimate of drug-likeness (QED) is 0.724. The van der Waals surface area contributed by atoms with Gasteiger partial charge < -0.3 is 11.1 Å². The first kappa shape index (κ1) is 13.4. The molecule has 0 aliphatic carbocycles. The van der Waals surface area contributed by atoms with E-state index >= 15 is 0 Å². The number of fused-ring (bicyclic) bond motifs is 1. The van der Waals surface area contributed by atoms with Crippen molar-refractivity contribution in [1.82, 2.24) is 14.8 Å². The van der Waals surface area contributed by atoms with Crippen molar-refractivity contribution in [1.29, 1.82) is 0 Å². The number of aryl methyl sites for hydroxylation is 2. The number of hydrogen-bond donors (Lipinski definition) is 2. The maximum absolute atomic E-state index is 5.83. The topological polar surface area (TPSA) is 68.8 Å². The Morgan fingerprint density at radius 3 is 2.76 bits per heavy atom. The molecule has 0 unspecified atom stereocenters. The highest BCUT2D eigenvalue weighted by atomic mass is 15.3. The molecule has 0 aliphatic heterocycles. The van der Waals surface area contributed by atoms with Crippen LogP contribution in [0.4, 0.5) is 11.5 Å². The summed E-state index contributed by atoms with van der Waals surface area (Å²) in [6, 6.07) is 7.83. The highest BCUT2D eigenvalue weighted by molar-refractivity contribution is 5.93. The molecule has 3 rings (SSSR count). The maximum atomic E-state index is 5.83. The molecular formula is C16H19N5. The summed E-state index contributed by atoms with van der Waals surface area (Å²) in [6.45, 7) is 4.82. The Morgan fingerprint density at radius 1 is 1.24 bits per heavy atom. The number of nitrogens with zero attached hydrogens (tertiary/aromatic N) is 3. The van der Waals surface area contributed by atoms with Gasteiger partial charge in [0.05, 0.1) is 5.69 Å². The molecule has 0 fully saturated rings. The minimum Gasteiger partial charge on any atom is -0.399 e. The zero-order valence-electron chi connectivity index (χ0n) is 12.5. The summed E-state index contributed by atoms with van der Waals surface area (Å²) in [7, 11) is 1.96. The lowest BCUT2D eigenvalue weighted by Crippen LogP contribution is -2.04. The molecule has 1 aromatic carbocycles. The molecule has 3 N–H and O–H groups in total. The van der Waals surface area contributed by atoms with Gasteiger partial charge in [0.15, 0.2) is 0 Å². The normalized spacial score (nSPS) is 11.0. The number of rotatable bonds is 3. The second-order valence-corrected chi connectivity index (χ2v) is 5.27. The van der Waals surface area contributed by atoms with E-state index in [-0.39, 0.29) is 0 Å². The molecule has 0 bridgehead atoms. The van der Waals surface area contributed by atoms with Crippen LogP contribution in [-0.2, 0) is 13.6 Å². The van der Waals surface area contributed by atoms with Gasteiger partial charge in [-0.05, 0) is 43.5 Å². The first-order valence-corrected chi connectivity index (χ1v) is 6.93. The molecule has 0 saturated carbocycles. The Bertz CT molecular complexity index is 804. The number of pyridine rings is 1. The van der Waals surface area contributed by atoms with Crippen LogP contribution in [0.5, 0.6) is 0 Å². The number of nitrogen functional groups attached to an aromatic ring is 1. The summed E-state index contributed by atoms with van der Waals surface area (Å²) in [4.78, 5) is 4.44. The van der Waals surface area contributed by atoms with Crippen LogP contribution in [0, 0.1) is 13.8 Å². The van der Waals surface area contributed by atoms with Gasteiger partial charge in [-0.15, -0.1) is 0 Å². The number of hydrogen-bond acceptors (Lipinski definition) is 4. The van der Waals surface area contributed by atoms with E-state index in [4.69, 9.17) is 5.73 Å². The predicted molar refractivity (Wildman–Crippen MR) is 86.2 cm³/mol. The van der Waals surface area contributed by atoms with Gasteiger partial charge in [-0.1, -0.05) is 0 Å². The van der Waals surface area contributed by atoms with E-state index in [1.165, 1.54) is 11.3 Å². The molecule has 21 heavy (non-hydrogen) atoms. The van der Waals surface area contributed by atoms with Gasteiger partial charge in [-0.3, -0.25) is 4.68 Å². The van der Waals surface area contributed by atoms with Crippen LogP contribution >= 0.6 is 0 Å². The summed E-state index contributed by atoms with van der Waals surface area (Å²) >= 11 is 0. The summed E-state index contributed by atoms with van der Waals surface area (Å²) in [5.74, 6) is 0.871. The fourth-order valence-electron chi connectivity index (χ4n) is 2.58. The number of anilines is 2. The van der Waals surface area contributed by atoms with Gasteiger partial charge in [0.2, 0.25) is 0 Å². The van der Waals surface area contributed by atoms with Crippen LogP contribution < -0.4 is 11.1 Å². The zero-order chi connectivity index (χ0) is 15.0. The first-order valence-electron chi connectivity index (χ1n) is 6.93. The first-order chi connectivity index (χ1) is 10.1. The molecule has 0 aliphatic rings. The smallest absolute Gasteiger partial charge is 0.134 e. The SMILES string of the molecule is Cc1nn(C)c(C)c1CNc1nccc2cc(N)ccc12. The highest BCUT2D eigenvalue weighted by Crippen LogP contribution is 2.24. The molecule has 0 amide bonds. The molecule has 0 radical (unpaired) electrons. The van der Waals surface area contributed by atoms with E-state index in [1.807, 2.05) is 42.9 Å². The van der Waals surface area contributed by atoms with Gasteiger partial charge in [0.25, 0.3) is 0 Å². The fraction of sp³-hybridized carbons (Fsp3) is 0.250. The molecule has 0 atom stereocenters. The molecule has 2 aromatic heterocycles. The lowest BCUT2D eigenvalue weighted by Gasteiger charge is -2.09. The van der Waals surface area contributed by atoms with Gasteiger partial charge in [-0.25, -0.2) is 4.98 Å². The van der Waals surface area contributed by atoms with Crippen LogP contribution in [0.25, 0.3) is 10.8 Å². The van der Waals surface area contributed by atoms with Gasteiger partial charge in [0.1, 0.15) is 5.82 Å². The molecule has 0 saturated heterocycles. The van der Waals surface area contributed by atoms with E-state index in [9.17, 15) is 0 Å². The summed E-state index contributed by atoms with van der Waals surface area (Å²) < 4.78 is 1.91. The number of nitrogens with one attached hydrogen (secondary N) is 1. The minimum atomic E-state index is 0.710. The average molecular weight is 281 g/mol. The number of nitrogens with two attached hydrogens (primary N) is 1. The van der Waals surface area contributed by atoms with Crippen LogP contribution in [0.3, 0.4) is 0 Å². The van der Waals surface area contributed by atoms with Crippen molar-refractivity contribution < 1.29 is 0 Å². The fourth-order valence-corrected chi connectivity index (χ4v) is 2.58. The van der Waals surface area contributed by atoms with Crippen molar-refractivity contribution in [2.45, 2.75) is 20.4 Å². The second kappa shape index (κ2) is 5.09. The molecule has 5 nitrogen and oxygen atoms in total. The Hall–Kier alpha value is -2.56. The largest absolute Gasteiger partial charge is 0.399 e. The van der Waals surface area contributed by atoms with Crippen LogP contribution in [0.2, 0.25) is 0 Å². The Balaban J connectivity index is 1.92. The van der Waals surface area contributed by atoms with Gasteiger partial charge in [0, 0.05) is 42.1 Å². The van der Waals surface area contributed by atoms with Crippen molar-refractivity contribution in [2.75, 3.05) is 11.1 Å². The molecule has 3 aromatic rings. The third-order valence-electron chi connectivity index (χ3n) is 3.88. The van der Waals surface area contributed by atoms with Gasteiger partial charge in [-0.2, -0.15) is 5.10 Å². The molecular weight excluding hydrogens is 262 g/mol. The molecule has 108 valence electrons. The van der Waals surface area contributed by atoms with Gasteiger partial charge >= 0.3 is 0 Å². The molecule has 2 heterocycles. The lowest BCUT2D eigenvalue weighted by atomic mass is 10.1. The monoisotopic (exact) mass is 281 g/mol. The van der Waals surface area contributed by atoms with Crippen molar-refractivity contribution in [2.24, 2.45) is 7.05 Å². The van der Waals surface area contributed by atoms with Crippen molar-refractivity contribution in [3.63, 3.8) is 0 Å². The average Bonchev–Trinajstić information content (AvgIpc) is 2.70. The summed E-state index contributed by atoms with van der Waals surface area (Å²) in [5, 5.41) is 10.0. The second-order valence-electron chi connectivity index (χ2n) is 5.27. The van der Waals surface area contributed by atoms with E-state index < -0.39 is 0 Å². The maximum Gasteiger partial charge on any atom is 0.134 e. The van der Waals surface area contributed by atoms with Crippen molar-refractivity contribution >= 4 is 22.3 Å². The Labute approximate surface area is 123 Å². The Morgan fingerprint density at radius 2 is 2.05 bits per heavy atom. The van der Waals surface area contributed by atoms with E-state index in [2.05, 4.69) is 22.3 Å². The molecule has 0 spiro atoms. The highest BCUT2D eigenvalue weighted by Gasteiger charge is 2.10. The summed E-state index contributed by atoms with van der Waals surface area (Å²) in [6.07, 6.45) is 1.80. The minimum absolute atomic E-state index is 0.710. The standard InChI is InChI=1S/C16H19N5/c1-10-15(11(2)21(3)20-10)9-19-16-14-5-4-13(17)8-12(14)6-7-18-16/h4-8H,9,17H2,1-3H3,(H,18,19). The molecule has 5 heteroatoms. The zero-order valence-corrected chi connectivity index (χ0v) is 12.5. The van der Waals surface area contributed by atoms with Crippen LogP contribution in [0.15, 0.2) is 30.5 Å². The Kier molecular flexibility index (Phi) is 3.25. The van der Waals surface area contributed by atoms with E-state index in [0.29, 0.717) is 6.54 Å². The third-order valence-corrected chi connectivity index (χ3v) is 3.88. The van der Waals surface area contributed by atoms with Crippen molar-refractivity contribution in [3.05, 3.63) is 47.4 Å². The third kappa shape index (κ3) is 2.42. The van der Waals surface area contributed by atoms with Crippen LogP contribution in [0.1, 0.15) is 17.0 Å². The van der Waals surface area contributed by atoms with E-state index in [0.717, 1.165) is 28.0 Å².